The van der Waals surface area contributed by atoms with Gasteiger partial charge in [-0.1, -0.05) is 6.08 Å². The molecular formula is C10H12N2O. The SMILES string of the molecule is Cc1c(C2=CCCC2)nc[nH]c1=O. The van der Waals surface area contributed by atoms with Crippen LogP contribution in [0.15, 0.2) is 17.2 Å². The van der Waals surface area contributed by atoms with Crippen LogP contribution < -0.4 is 5.56 Å². The Morgan fingerprint density at radius 2 is 2.38 bits per heavy atom. The lowest BCUT2D eigenvalue weighted by Crippen LogP contribution is -2.12. The van der Waals surface area contributed by atoms with E-state index in [0.717, 1.165) is 24.1 Å². The summed E-state index contributed by atoms with van der Waals surface area (Å²) in [6.45, 7) is 1.82. The summed E-state index contributed by atoms with van der Waals surface area (Å²) in [6, 6.07) is 0. The van der Waals surface area contributed by atoms with Gasteiger partial charge in [0.25, 0.3) is 5.56 Å². The summed E-state index contributed by atoms with van der Waals surface area (Å²) < 4.78 is 0. The van der Waals surface area contributed by atoms with Crippen LogP contribution in [0.3, 0.4) is 0 Å². The van der Waals surface area contributed by atoms with Gasteiger partial charge in [0.05, 0.1) is 12.0 Å². The van der Waals surface area contributed by atoms with Gasteiger partial charge in [0.2, 0.25) is 0 Å². The fraction of sp³-hybridized carbons (Fsp3) is 0.400. The number of hydrogen-bond donors (Lipinski definition) is 1. The first-order valence-electron chi connectivity index (χ1n) is 4.53. The van der Waals surface area contributed by atoms with E-state index in [0.29, 0.717) is 0 Å². The third kappa shape index (κ3) is 1.41. The van der Waals surface area contributed by atoms with Crippen LogP contribution in [0.1, 0.15) is 30.5 Å². The molecule has 1 aromatic rings. The molecule has 1 aromatic heterocycles. The van der Waals surface area contributed by atoms with Crippen LogP contribution in [-0.2, 0) is 0 Å². The maximum absolute atomic E-state index is 11.3. The zero-order valence-corrected chi connectivity index (χ0v) is 7.63. The topological polar surface area (TPSA) is 45.8 Å². The normalized spacial score (nSPS) is 15.9. The molecule has 0 saturated heterocycles. The van der Waals surface area contributed by atoms with Crippen molar-refractivity contribution in [3.8, 4) is 0 Å². The Bertz CT molecular complexity index is 404. The van der Waals surface area contributed by atoms with Crippen molar-refractivity contribution in [2.24, 2.45) is 0 Å². The van der Waals surface area contributed by atoms with Crippen LogP contribution in [0.4, 0.5) is 0 Å². The summed E-state index contributed by atoms with van der Waals surface area (Å²) in [5, 5.41) is 0. The Kier molecular flexibility index (Phi) is 2.00. The maximum Gasteiger partial charge on any atom is 0.254 e. The van der Waals surface area contributed by atoms with E-state index in [1.807, 2.05) is 6.92 Å². The van der Waals surface area contributed by atoms with Crippen molar-refractivity contribution >= 4 is 5.57 Å². The fourth-order valence-corrected chi connectivity index (χ4v) is 1.68. The molecule has 0 radical (unpaired) electrons. The molecule has 0 unspecified atom stereocenters. The number of H-pyrrole nitrogens is 1. The number of aromatic amines is 1. The lowest BCUT2D eigenvalue weighted by molar-refractivity contribution is 0.928. The highest BCUT2D eigenvalue weighted by Crippen LogP contribution is 2.26. The zero-order valence-electron chi connectivity index (χ0n) is 7.63. The molecular weight excluding hydrogens is 164 g/mol. The van der Waals surface area contributed by atoms with Crippen LogP contribution in [-0.4, -0.2) is 9.97 Å². The zero-order chi connectivity index (χ0) is 9.26. The summed E-state index contributed by atoms with van der Waals surface area (Å²) in [5.41, 5.74) is 2.80. The molecule has 3 nitrogen and oxygen atoms in total. The van der Waals surface area contributed by atoms with E-state index in [1.165, 1.54) is 18.3 Å². The van der Waals surface area contributed by atoms with Crippen molar-refractivity contribution in [1.29, 1.82) is 0 Å². The Hall–Kier alpha value is -1.38. The van der Waals surface area contributed by atoms with Gasteiger partial charge in [-0.15, -0.1) is 0 Å². The Balaban J connectivity index is 2.51. The van der Waals surface area contributed by atoms with Crippen LogP contribution in [0.25, 0.3) is 5.57 Å². The molecule has 0 fully saturated rings. The van der Waals surface area contributed by atoms with Gasteiger partial charge in [0.15, 0.2) is 0 Å². The van der Waals surface area contributed by atoms with E-state index >= 15 is 0 Å². The minimum absolute atomic E-state index is 0.0298. The molecule has 0 spiro atoms. The highest BCUT2D eigenvalue weighted by molar-refractivity contribution is 5.66. The molecule has 13 heavy (non-hydrogen) atoms. The second-order valence-corrected chi connectivity index (χ2v) is 3.33. The smallest absolute Gasteiger partial charge is 0.254 e. The van der Waals surface area contributed by atoms with Gasteiger partial charge in [0.1, 0.15) is 0 Å². The average Bonchev–Trinajstić information content (AvgIpc) is 2.62. The molecule has 0 bridgehead atoms. The first kappa shape index (κ1) is 8.23. The summed E-state index contributed by atoms with van der Waals surface area (Å²) in [4.78, 5) is 18.0. The van der Waals surface area contributed by atoms with Gasteiger partial charge < -0.3 is 4.98 Å². The Morgan fingerprint density at radius 3 is 3.08 bits per heavy atom. The predicted molar refractivity (Wildman–Crippen MR) is 51.4 cm³/mol. The lowest BCUT2D eigenvalue weighted by atomic mass is 10.1. The number of hydrogen-bond acceptors (Lipinski definition) is 2. The molecule has 0 saturated carbocycles. The van der Waals surface area contributed by atoms with Gasteiger partial charge in [-0.2, -0.15) is 0 Å². The predicted octanol–water partition coefficient (Wildman–Crippen LogP) is 1.65. The van der Waals surface area contributed by atoms with Crippen molar-refractivity contribution in [3.63, 3.8) is 0 Å². The number of rotatable bonds is 1. The summed E-state index contributed by atoms with van der Waals surface area (Å²) >= 11 is 0. The molecule has 0 atom stereocenters. The maximum atomic E-state index is 11.3. The number of nitrogens with zero attached hydrogens (tertiary/aromatic N) is 1. The fourth-order valence-electron chi connectivity index (χ4n) is 1.68. The Morgan fingerprint density at radius 1 is 1.54 bits per heavy atom. The summed E-state index contributed by atoms with van der Waals surface area (Å²) in [7, 11) is 0. The average molecular weight is 176 g/mol. The quantitative estimate of drug-likeness (QED) is 0.707. The van der Waals surface area contributed by atoms with Crippen LogP contribution >= 0.6 is 0 Å². The van der Waals surface area contributed by atoms with E-state index in [-0.39, 0.29) is 5.56 Å². The third-order valence-corrected chi connectivity index (χ3v) is 2.43. The van der Waals surface area contributed by atoms with Gasteiger partial charge in [-0.25, -0.2) is 4.98 Å². The molecule has 0 amide bonds. The van der Waals surface area contributed by atoms with Crippen LogP contribution in [0.2, 0.25) is 0 Å². The van der Waals surface area contributed by atoms with Crippen molar-refractivity contribution < 1.29 is 0 Å². The van der Waals surface area contributed by atoms with E-state index in [9.17, 15) is 4.79 Å². The molecule has 3 heteroatoms. The van der Waals surface area contributed by atoms with Gasteiger partial charge in [-0.3, -0.25) is 4.79 Å². The first-order valence-corrected chi connectivity index (χ1v) is 4.53. The minimum atomic E-state index is -0.0298. The molecule has 1 aliphatic rings. The standard InChI is InChI=1S/C10H12N2O/c1-7-9(8-4-2-3-5-8)11-6-12-10(7)13/h4,6H,2-3,5H2,1H3,(H,11,12,13). The molecule has 0 aliphatic heterocycles. The van der Waals surface area contributed by atoms with Crippen molar-refractivity contribution in [2.45, 2.75) is 26.2 Å². The molecule has 1 aliphatic carbocycles. The number of allylic oxidation sites excluding steroid dienone is 2. The van der Waals surface area contributed by atoms with Crippen LogP contribution in [0.5, 0.6) is 0 Å². The molecule has 1 N–H and O–H groups in total. The summed E-state index contributed by atoms with van der Waals surface area (Å²) in [5.74, 6) is 0. The van der Waals surface area contributed by atoms with E-state index in [4.69, 9.17) is 0 Å². The highest BCUT2D eigenvalue weighted by atomic mass is 16.1. The number of aromatic nitrogens is 2. The van der Waals surface area contributed by atoms with Crippen molar-refractivity contribution in [2.75, 3.05) is 0 Å². The second-order valence-electron chi connectivity index (χ2n) is 3.33. The molecule has 0 aromatic carbocycles. The highest BCUT2D eigenvalue weighted by Gasteiger charge is 2.11. The van der Waals surface area contributed by atoms with E-state index in [2.05, 4.69) is 16.0 Å². The number of nitrogens with one attached hydrogen (secondary N) is 1. The largest absolute Gasteiger partial charge is 0.313 e. The summed E-state index contributed by atoms with van der Waals surface area (Å²) in [6.07, 6.45) is 7.00. The Labute approximate surface area is 76.5 Å². The van der Waals surface area contributed by atoms with Gasteiger partial charge in [-0.05, 0) is 31.8 Å². The second kappa shape index (κ2) is 3.17. The third-order valence-electron chi connectivity index (χ3n) is 2.43. The van der Waals surface area contributed by atoms with Crippen LogP contribution in [0, 0.1) is 6.92 Å². The van der Waals surface area contributed by atoms with Crippen molar-refractivity contribution in [1.82, 2.24) is 9.97 Å². The van der Waals surface area contributed by atoms with Gasteiger partial charge >= 0.3 is 0 Å². The lowest BCUT2D eigenvalue weighted by Gasteiger charge is -2.02. The van der Waals surface area contributed by atoms with E-state index < -0.39 is 0 Å². The molecule has 68 valence electrons. The van der Waals surface area contributed by atoms with E-state index in [1.54, 1.807) is 0 Å². The van der Waals surface area contributed by atoms with Gasteiger partial charge in [0, 0.05) is 5.56 Å². The first-order chi connectivity index (χ1) is 6.29. The molecule has 2 rings (SSSR count). The monoisotopic (exact) mass is 176 g/mol. The van der Waals surface area contributed by atoms with Crippen molar-refractivity contribution in [3.05, 3.63) is 34.0 Å². The molecule has 1 heterocycles. The minimum Gasteiger partial charge on any atom is -0.313 e.